The van der Waals surface area contributed by atoms with Gasteiger partial charge in [0.05, 0.1) is 5.25 Å². The van der Waals surface area contributed by atoms with Gasteiger partial charge in [0.1, 0.15) is 11.6 Å². The first-order chi connectivity index (χ1) is 12.5. The number of hydrogen-bond acceptors (Lipinski definition) is 6. The molecule has 1 unspecified atom stereocenters. The summed E-state index contributed by atoms with van der Waals surface area (Å²) < 4.78 is 24.0. The minimum absolute atomic E-state index is 0.107. The molecule has 0 spiro atoms. The predicted octanol–water partition coefficient (Wildman–Crippen LogP) is 4.80. The van der Waals surface area contributed by atoms with E-state index in [4.69, 9.17) is 20.8 Å². The van der Waals surface area contributed by atoms with E-state index >= 15 is 0 Å². The summed E-state index contributed by atoms with van der Waals surface area (Å²) >= 11 is 6.95. The first-order valence-corrected chi connectivity index (χ1v) is 8.94. The van der Waals surface area contributed by atoms with E-state index in [9.17, 15) is 9.18 Å². The van der Waals surface area contributed by atoms with Gasteiger partial charge in [0.25, 0.3) is 11.1 Å². The summed E-state index contributed by atoms with van der Waals surface area (Å²) in [6, 6.07) is 12.3. The molecule has 8 heteroatoms. The number of hydrogen-bond donors (Lipinski definition) is 0. The lowest BCUT2D eigenvalue weighted by molar-refractivity contribution is 0.0993. The number of thioether (sulfide) groups is 1. The Balaban J connectivity index is 1.56. The summed E-state index contributed by atoms with van der Waals surface area (Å²) in [7, 11) is 0. The maximum atomic E-state index is 12.9. The first-order valence-electron chi connectivity index (χ1n) is 7.68. The van der Waals surface area contributed by atoms with Crippen LogP contribution in [0.1, 0.15) is 23.2 Å². The van der Waals surface area contributed by atoms with Gasteiger partial charge in [-0.3, -0.25) is 4.79 Å². The van der Waals surface area contributed by atoms with Gasteiger partial charge in [-0.15, -0.1) is 10.2 Å². The normalized spacial score (nSPS) is 12.0. The number of rotatable bonds is 7. The Labute approximate surface area is 158 Å². The first kappa shape index (κ1) is 18.4. The second-order valence-electron chi connectivity index (χ2n) is 5.34. The third-order valence-corrected chi connectivity index (χ3v) is 4.59. The average Bonchev–Trinajstić information content (AvgIpc) is 3.08. The molecule has 0 radical (unpaired) electrons. The third-order valence-electron chi connectivity index (χ3n) is 3.40. The lowest BCUT2D eigenvalue weighted by Gasteiger charge is -2.07. The molecule has 0 saturated heterocycles. The molecule has 0 aliphatic carbocycles. The second-order valence-corrected chi connectivity index (χ2v) is 7.06. The Morgan fingerprint density at radius 1 is 1.19 bits per heavy atom. The second kappa shape index (κ2) is 8.33. The third kappa shape index (κ3) is 4.83. The van der Waals surface area contributed by atoms with Gasteiger partial charge in [-0.1, -0.05) is 23.4 Å². The minimum Gasteiger partial charge on any atom is -0.484 e. The topological polar surface area (TPSA) is 65.2 Å². The summed E-state index contributed by atoms with van der Waals surface area (Å²) in [5.41, 5.74) is 0.428. The Kier molecular flexibility index (Phi) is 5.90. The SMILES string of the molecule is CC(Sc1nnc(COc2ccc(Cl)cc2)o1)C(=O)c1ccc(F)cc1. The fourth-order valence-electron chi connectivity index (χ4n) is 2.07. The molecule has 0 N–H and O–H groups in total. The molecule has 0 aliphatic rings. The Morgan fingerprint density at radius 2 is 1.88 bits per heavy atom. The largest absolute Gasteiger partial charge is 0.484 e. The van der Waals surface area contributed by atoms with E-state index in [1.54, 1.807) is 31.2 Å². The van der Waals surface area contributed by atoms with Gasteiger partial charge in [0, 0.05) is 10.6 Å². The van der Waals surface area contributed by atoms with Crippen molar-refractivity contribution >= 4 is 29.1 Å². The molecule has 0 amide bonds. The molecule has 0 bridgehead atoms. The van der Waals surface area contributed by atoms with Crippen molar-refractivity contribution in [2.75, 3.05) is 0 Å². The summed E-state index contributed by atoms with van der Waals surface area (Å²) in [6.07, 6.45) is 0. The Bertz CT molecular complexity index is 884. The fraction of sp³-hybridized carbons (Fsp3) is 0.167. The molecule has 1 atom stereocenters. The molecule has 0 aliphatic heterocycles. The van der Waals surface area contributed by atoms with Gasteiger partial charge in [0.15, 0.2) is 12.4 Å². The van der Waals surface area contributed by atoms with E-state index in [2.05, 4.69) is 10.2 Å². The number of nitrogens with zero attached hydrogens (tertiary/aromatic N) is 2. The highest BCUT2D eigenvalue weighted by Gasteiger charge is 2.20. The van der Waals surface area contributed by atoms with Crippen LogP contribution in [-0.4, -0.2) is 21.2 Å². The zero-order chi connectivity index (χ0) is 18.5. The summed E-state index contributed by atoms with van der Waals surface area (Å²) in [6.45, 7) is 1.83. The quantitative estimate of drug-likeness (QED) is 0.425. The molecule has 1 heterocycles. The van der Waals surface area contributed by atoms with Gasteiger partial charge in [-0.25, -0.2) is 4.39 Å². The van der Waals surface area contributed by atoms with E-state index in [1.807, 2.05) is 0 Å². The van der Waals surface area contributed by atoms with Crippen molar-refractivity contribution in [2.45, 2.75) is 24.0 Å². The fourth-order valence-corrected chi connectivity index (χ4v) is 2.98. The summed E-state index contributed by atoms with van der Waals surface area (Å²) in [5, 5.41) is 8.23. The maximum absolute atomic E-state index is 12.9. The summed E-state index contributed by atoms with van der Waals surface area (Å²) in [4.78, 5) is 12.3. The molecule has 3 aromatic rings. The van der Waals surface area contributed by atoms with Crippen LogP contribution in [-0.2, 0) is 6.61 Å². The smallest absolute Gasteiger partial charge is 0.277 e. The standard InChI is InChI=1S/C18H14ClFN2O3S/c1-11(17(23)12-2-6-14(20)7-3-12)26-18-22-21-16(25-18)10-24-15-8-4-13(19)5-9-15/h2-9,11H,10H2,1H3. The lowest BCUT2D eigenvalue weighted by atomic mass is 10.1. The van der Waals surface area contributed by atoms with E-state index < -0.39 is 5.25 Å². The van der Waals surface area contributed by atoms with Crippen LogP contribution in [0.2, 0.25) is 5.02 Å². The van der Waals surface area contributed by atoms with Gasteiger partial charge in [0.2, 0.25) is 0 Å². The number of ketones is 1. The lowest BCUT2D eigenvalue weighted by Crippen LogP contribution is -2.13. The van der Waals surface area contributed by atoms with Crippen LogP contribution in [0.3, 0.4) is 0 Å². The van der Waals surface area contributed by atoms with E-state index in [-0.39, 0.29) is 23.4 Å². The zero-order valence-electron chi connectivity index (χ0n) is 13.7. The average molecular weight is 393 g/mol. The molecule has 2 aromatic carbocycles. The van der Waals surface area contributed by atoms with Crippen LogP contribution in [0.25, 0.3) is 0 Å². The highest BCUT2D eigenvalue weighted by atomic mass is 35.5. The van der Waals surface area contributed by atoms with E-state index in [1.165, 1.54) is 24.3 Å². The highest BCUT2D eigenvalue weighted by molar-refractivity contribution is 8.00. The zero-order valence-corrected chi connectivity index (χ0v) is 15.3. The maximum Gasteiger partial charge on any atom is 0.277 e. The van der Waals surface area contributed by atoms with Crippen LogP contribution < -0.4 is 4.74 Å². The van der Waals surface area contributed by atoms with Crippen molar-refractivity contribution in [3.63, 3.8) is 0 Å². The summed E-state index contributed by atoms with van der Waals surface area (Å²) in [5.74, 6) is 0.391. The van der Waals surface area contributed by atoms with Crippen molar-refractivity contribution in [1.82, 2.24) is 10.2 Å². The van der Waals surface area contributed by atoms with Gasteiger partial charge in [-0.2, -0.15) is 0 Å². The molecule has 3 rings (SSSR count). The number of carbonyl (C=O) groups is 1. The minimum atomic E-state index is -0.453. The molecular weight excluding hydrogens is 379 g/mol. The predicted molar refractivity (Wildman–Crippen MR) is 96.1 cm³/mol. The highest BCUT2D eigenvalue weighted by Crippen LogP contribution is 2.25. The van der Waals surface area contributed by atoms with Crippen LogP contribution in [0.5, 0.6) is 5.75 Å². The molecule has 26 heavy (non-hydrogen) atoms. The molecular formula is C18H14ClFN2O3S. The van der Waals surface area contributed by atoms with Crippen molar-refractivity contribution < 1.29 is 18.3 Å². The van der Waals surface area contributed by atoms with Crippen molar-refractivity contribution in [1.29, 1.82) is 0 Å². The number of ether oxygens (including phenoxy) is 1. The van der Waals surface area contributed by atoms with Gasteiger partial charge < -0.3 is 9.15 Å². The van der Waals surface area contributed by atoms with Crippen LogP contribution >= 0.6 is 23.4 Å². The molecule has 134 valence electrons. The van der Waals surface area contributed by atoms with Gasteiger partial charge >= 0.3 is 0 Å². The van der Waals surface area contributed by atoms with E-state index in [0.29, 0.717) is 22.2 Å². The van der Waals surface area contributed by atoms with Gasteiger partial charge in [-0.05, 0) is 55.5 Å². The number of Topliss-reactive ketones (excluding diaryl/α,β-unsaturated/α-hetero) is 1. The number of aromatic nitrogens is 2. The van der Waals surface area contributed by atoms with Crippen molar-refractivity contribution in [2.24, 2.45) is 0 Å². The van der Waals surface area contributed by atoms with Crippen molar-refractivity contribution in [3.8, 4) is 5.75 Å². The monoisotopic (exact) mass is 392 g/mol. The van der Waals surface area contributed by atoms with Crippen LogP contribution in [0.15, 0.2) is 58.2 Å². The molecule has 1 aromatic heterocycles. The molecule has 0 fully saturated rings. The number of halogens is 2. The van der Waals surface area contributed by atoms with E-state index in [0.717, 1.165) is 11.8 Å². The van der Waals surface area contributed by atoms with Crippen LogP contribution in [0.4, 0.5) is 4.39 Å². The van der Waals surface area contributed by atoms with Crippen molar-refractivity contribution in [3.05, 3.63) is 70.8 Å². The molecule has 5 nitrogen and oxygen atoms in total. The molecule has 0 saturated carbocycles. The van der Waals surface area contributed by atoms with Crippen LogP contribution in [0, 0.1) is 5.82 Å². The number of carbonyl (C=O) groups excluding carboxylic acids is 1. The Hall–Kier alpha value is -2.38. The number of benzene rings is 2. The Morgan fingerprint density at radius 3 is 2.58 bits per heavy atom.